The number of aliphatic carboxylic acids is 1. The number of benzene rings is 2. The summed E-state index contributed by atoms with van der Waals surface area (Å²) < 4.78 is 15.2. The first-order chi connectivity index (χ1) is 17.1. The Kier molecular flexibility index (Phi) is 7.06. The smallest absolute Gasteiger partial charge is 0.324 e. The molecule has 2 heterocycles. The minimum Gasteiger partial charge on any atom is -0.829 e. The zero-order chi connectivity index (χ0) is 26.1. The van der Waals surface area contributed by atoms with Gasteiger partial charge in [0.25, 0.3) is 0 Å². The van der Waals surface area contributed by atoms with E-state index in [0.29, 0.717) is 5.56 Å². The van der Waals surface area contributed by atoms with Crippen LogP contribution in [0.5, 0.6) is 5.75 Å². The molecule has 4 rings (SSSR count). The lowest BCUT2D eigenvalue weighted by molar-refractivity contribution is -0.532. The lowest BCUT2D eigenvalue weighted by Crippen LogP contribution is -2.62. The number of aromatic hydroxyl groups is 1. The van der Waals surface area contributed by atoms with Crippen LogP contribution in [0.4, 0.5) is 0 Å². The Morgan fingerprint density at radius 1 is 1.03 bits per heavy atom. The number of esters is 1. The highest BCUT2D eigenvalue weighted by Crippen LogP contribution is 2.26. The van der Waals surface area contributed by atoms with Gasteiger partial charge in [-0.3, -0.25) is 14.4 Å². The number of aliphatic hydroxyl groups is 3. The second-order valence-electron chi connectivity index (χ2n) is 8.20. The number of carboxylic acids is 1. The molecule has 0 radical (unpaired) electrons. The van der Waals surface area contributed by atoms with E-state index in [1.807, 2.05) is 0 Å². The summed E-state index contributed by atoms with van der Waals surface area (Å²) >= 11 is 0. The number of carboxylic acid groups (broad SMARTS) is 1. The van der Waals surface area contributed by atoms with Gasteiger partial charge >= 0.3 is 11.9 Å². The molecule has 0 aliphatic carbocycles. The summed E-state index contributed by atoms with van der Waals surface area (Å²) in [6.45, 7) is -0.759. The molecule has 12 nitrogen and oxygen atoms in total. The standard InChI is InChI=1S/C24H21O12/c25-12-4-1-10(2-5-12)14-8-34-15-7-11(3-6-13(15)18(14)26)17(22(30)31)23(32)35-9-16-19(27)20(28)21(29)24(33)36-16/h1-8,16-17,19-21,24-25,27-29H,9H2,(H,30,31)/q-1/t16-,17?,19-,20+,21-,24-/m1/s1. The number of hydrogen-bond donors (Lipinski definition) is 5. The average molecular weight is 501 g/mol. The average Bonchev–Trinajstić information content (AvgIpc) is 2.85. The Balaban J connectivity index is 1.56. The summed E-state index contributed by atoms with van der Waals surface area (Å²) in [4.78, 5) is 37.4. The van der Waals surface area contributed by atoms with E-state index in [1.54, 1.807) is 0 Å². The number of aliphatic hydroxyl groups excluding tert-OH is 3. The van der Waals surface area contributed by atoms with Crippen molar-refractivity contribution >= 4 is 22.9 Å². The third-order valence-corrected chi connectivity index (χ3v) is 5.85. The predicted molar refractivity (Wildman–Crippen MR) is 118 cm³/mol. The maximum Gasteiger partial charge on any atom is 0.324 e. The number of rotatable bonds is 6. The molecule has 0 saturated carbocycles. The Labute approximate surface area is 202 Å². The van der Waals surface area contributed by atoms with Crippen LogP contribution in [0.2, 0.25) is 0 Å². The number of carbonyl (C=O) groups is 2. The van der Waals surface area contributed by atoms with E-state index in [1.165, 1.54) is 48.7 Å². The van der Waals surface area contributed by atoms with Gasteiger partial charge in [-0.1, -0.05) is 18.2 Å². The summed E-state index contributed by atoms with van der Waals surface area (Å²) in [5.74, 6) is -4.67. The molecule has 1 fully saturated rings. The summed E-state index contributed by atoms with van der Waals surface area (Å²) in [6, 6.07) is 9.62. The molecule has 36 heavy (non-hydrogen) atoms. The molecule has 1 aliphatic rings. The minimum absolute atomic E-state index is 0.0106. The van der Waals surface area contributed by atoms with E-state index in [-0.39, 0.29) is 27.8 Å². The van der Waals surface area contributed by atoms with Crippen LogP contribution >= 0.6 is 0 Å². The van der Waals surface area contributed by atoms with Crippen molar-refractivity contribution in [2.75, 3.05) is 6.61 Å². The van der Waals surface area contributed by atoms with Gasteiger partial charge in [-0.25, -0.2) is 0 Å². The zero-order valence-electron chi connectivity index (χ0n) is 18.4. The molecule has 6 atom stereocenters. The van der Waals surface area contributed by atoms with E-state index in [9.17, 15) is 45.0 Å². The van der Waals surface area contributed by atoms with E-state index in [2.05, 4.69) is 0 Å². The highest BCUT2D eigenvalue weighted by Gasteiger charge is 2.40. The largest absolute Gasteiger partial charge is 0.829 e. The zero-order valence-corrected chi connectivity index (χ0v) is 18.4. The Hall–Kier alpha value is -3.81. The fourth-order valence-corrected chi connectivity index (χ4v) is 3.85. The topological polar surface area (TPSA) is 207 Å². The summed E-state index contributed by atoms with van der Waals surface area (Å²) in [5.41, 5.74) is 0.225. The van der Waals surface area contributed by atoms with Crippen LogP contribution in [0.3, 0.4) is 0 Å². The van der Waals surface area contributed by atoms with Gasteiger partial charge in [0.15, 0.2) is 11.3 Å². The lowest BCUT2D eigenvalue weighted by atomic mass is 9.97. The normalized spacial score (nSPS) is 24.8. The van der Waals surface area contributed by atoms with E-state index in [4.69, 9.17) is 13.9 Å². The van der Waals surface area contributed by atoms with Crippen molar-refractivity contribution in [2.45, 2.75) is 36.6 Å². The van der Waals surface area contributed by atoms with Gasteiger partial charge in [0.2, 0.25) is 0 Å². The van der Waals surface area contributed by atoms with Crippen LogP contribution in [0.1, 0.15) is 11.5 Å². The van der Waals surface area contributed by atoms with E-state index in [0.717, 1.165) is 0 Å². The van der Waals surface area contributed by atoms with Crippen LogP contribution in [0.25, 0.3) is 22.1 Å². The molecular weight excluding hydrogens is 480 g/mol. The highest BCUT2D eigenvalue weighted by molar-refractivity contribution is 6.00. The van der Waals surface area contributed by atoms with Crippen LogP contribution in [-0.4, -0.2) is 74.8 Å². The predicted octanol–water partition coefficient (Wildman–Crippen LogP) is -0.955. The van der Waals surface area contributed by atoms with Gasteiger partial charge in [0.05, 0.1) is 17.1 Å². The first-order valence-corrected chi connectivity index (χ1v) is 10.7. The first-order valence-electron chi connectivity index (χ1n) is 10.7. The number of ether oxygens (including phenoxy) is 2. The first kappa shape index (κ1) is 25.3. The Morgan fingerprint density at radius 3 is 2.39 bits per heavy atom. The molecule has 0 bridgehead atoms. The van der Waals surface area contributed by atoms with Gasteiger partial charge in [0, 0.05) is 6.29 Å². The number of phenols is 1. The van der Waals surface area contributed by atoms with Crippen molar-refractivity contribution in [3.8, 4) is 16.9 Å². The van der Waals surface area contributed by atoms with Crippen molar-refractivity contribution in [3.63, 3.8) is 0 Å². The maximum atomic E-state index is 12.9. The second kappa shape index (κ2) is 10.0. The van der Waals surface area contributed by atoms with Crippen molar-refractivity contribution in [1.29, 1.82) is 0 Å². The molecule has 190 valence electrons. The van der Waals surface area contributed by atoms with Crippen molar-refractivity contribution in [3.05, 3.63) is 64.5 Å². The molecule has 12 heteroatoms. The van der Waals surface area contributed by atoms with Gasteiger partial charge in [0.1, 0.15) is 42.5 Å². The van der Waals surface area contributed by atoms with E-state index >= 15 is 0 Å². The summed E-state index contributed by atoms with van der Waals surface area (Å²) in [7, 11) is 0. The molecule has 1 aromatic heterocycles. The molecule has 0 spiro atoms. The molecule has 1 saturated heterocycles. The Bertz CT molecular complexity index is 1330. The van der Waals surface area contributed by atoms with Crippen molar-refractivity contribution in [1.82, 2.24) is 0 Å². The molecule has 3 aromatic rings. The molecule has 1 unspecified atom stereocenters. The molecule has 2 aromatic carbocycles. The molecule has 5 N–H and O–H groups in total. The fraction of sp³-hybridized carbons (Fsp3) is 0.292. The highest BCUT2D eigenvalue weighted by atomic mass is 16.6. The third-order valence-electron chi connectivity index (χ3n) is 5.85. The third kappa shape index (κ3) is 4.80. The number of phenolic OH excluding ortho intramolecular Hbond substituents is 1. The Morgan fingerprint density at radius 2 is 1.72 bits per heavy atom. The van der Waals surface area contributed by atoms with Crippen molar-refractivity contribution in [2.24, 2.45) is 0 Å². The lowest BCUT2D eigenvalue weighted by Gasteiger charge is -2.43. The van der Waals surface area contributed by atoms with Crippen LogP contribution in [0.15, 0.2) is 57.9 Å². The van der Waals surface area contributed by atoms with E-state index < -0.39 is 60.6 Å². The van der Waals surface area contributed by atoms with Crippen LogP contribution < -0.4 is 10.5 Å². The number of fused-ring (bicyclic) bond motifs is 1. The quantitative estimate of drug-likeness (QED) is 0.205. The second-order valence-corrected chi connectivity index (χ2v) is 8.20. The van der Waals surface area contributed by atoms with Gasteiger partial charge in [-0.05, 0) is 35.4 Å². The van der Waals surface area contributed by atoms with Gasteiger partial charge in [-0.2, -0.15) is 0 Å². The molecule has 1 aliphatic heterocycles. The summed E-state index contributed by atoms with van der Waals surface area (Å²) in [6.07, 6.45) is -7.89. The number of hydrogen-bond acceptors (Lipinski definition) is 11. The SMILES string of the molecule is O=C(O)C(C(=O)OC[C@H]1O[C@@H]([O-])[C@H](O)[C@@H](O)[C@@H]1O)c1ccc2c(=O)c(-c3ccc(O)cc3)coc2c1. The maximum absolute atomic E-state index is 12.9. The van der Waals surface area contributed by atoms with Crippen molar-refractivity contribution < 1.29 is 54.1 Å². The van der Waals surface area contributed by atoms with Gasteiger partial charge in [-0.15, -0.1) is 0 Å². The monoisotopic (exact) mass is 501 g/mol. The molecule has 0 amide bonds. The molecular formula is C24H21O12-. The van der Waals surface area contributed by atoms with Crippen LogP contribution in [-0.2, 0) is 19.1 Å². The number of carbonyl (C=O) groups excluding carboxylic acids is 1. The van der Waals surface area contributed by atoms with Crippen LogP contribution in [0, 0.1) is 0 Å². The fourth-order valence-electron chi connectivity index (χ4n) is 3.85. The van der Waals surface area contributed by atoms with Gasteiger partial charge < -0.3 is 44.5 Å². The minimum atomic E-state index is -2.10. The summed E-state index contributed by atoms with van der Waals surface area (Å²) in [5, 5.41) is 59.9.